The van der Waals surface area contributed by atoms with Gasteiger partial charge in [0.15, 0.2) is 12.7 Å². The number of pyridine rings is 1. The zero-order chi connectivity index (χ0) is 20.3. The van der Waals surface area contributed by atoms with Crippen LogP contribution in [0.15, 0.2) is 66.9 Å². The van der Waals surface area contributed by atoms with Gasteiger partial charge in [0, 0.05) is 23.3 Å². The van der Waals surface area contributed by atoms with Crippen molar-refractivity contribution in [1.82, 2.24) is 0 Å². The maximum atomic E-state index is 11.4. The molecule has 0 unspecified atom stereocenters. The predicted molar refractivity (Wildman–Crippen MR) is 98.5 cm³/mol. The van der Waals surface area contributed by atoms with Crippen LogP contribution in [-0.4, -0.2) is 33.2 Å². The van der Waals surface area contributed by atoms with Gasteiger partial charge in [-0.25, -0.2) is 14.4 Å². The highest BCUT2D eigenvalue weighted by molar-refractivity contribution is 5.95. The number of benzene rings is 2. The van der Waals surface area contributed by atoms with Gasteiger partial charge < -0.3 is 32.3 Å². The van der Waals surface area contributed by atoms with E-state index < -0.39 is 17.9 Å². The maximum absolute atomic E-state index is 11.4. The highest BCUT2D eigenvalue weighted by Gasteiger charge is 2.18. The molecule has 0 saturated heterocycles. The van der Waals surface area contributed by atoms with Crippen molar-refractivity contribution in [2.45, 2.75) is 6.54 Å². The molecule has 0 aliphatic rings. The molecule has 0 spiro atoms. The average Bonchev–Trinajstić information content (AvgIpc) is 2.68. The first-order chi connectivity index (χ1) is 13.3. The molecule has 1 aromatic heterocycles. The Bertz CT molecular complexity index is 1050. The second-order valence-electron chi connectivity index (χ2n) is 6.13. The summed E-state index contributed by atoms with van der Waals surface area (Å²) in [5.74, 6) is -3.43. The Balaban J connectivity index is 0.00000300. The number of aromatic carboxylic acids is 3. The molecule has 3 aromatic rings. The minimum atomic E-state index is -1.21. The van der Waals surface area contributed by atoms with Gasteiger partial charge in [0.25, 0.3) is 0 Å². The Labute approximate surface area is 176 Å². The summed E-state index contributed by atoms with van der Waals surface area (Å²) >= 11 is 0. The zero-order valence-corrected chi connectivity index (χ0v) is 16.5. The van der Waals surface area contributed by atoms with Gasteiger partial charge in [0.1, 0.15) is 0 Å². The molecule has 0 aliphatic carbocycles. The SMILES string of the molecule is O=C(O)c1ccc(C[n+]2ccccc2-c2cc(C(=O)O)cc(C(=O)O)c2)cc1.[Br-]. The maximum Gasteiger partial charge on any atom is 0.335 e. The molecule has 0 amide bonds. The van der Waals surface area contributed by atoms with Gasteiger partial charge in [-0.05, 0) is 36.4 Å². The van der Waals surface area contributed by atoms with E-state index in [-0.39, 0.29) is 33.7 Å². The third kappa shape index (κ3) is 5.05. The lowest BCUT2D eigenvalue weighted by Crippen LogP contribution is -3.00. The van der Waals surface area contributed by atoms with E-state index in [2.05, 4.69) is 0 Å². The molecular formula is C21H16BrNO6. The number of aromatic nitrogens is 1. The minimum absolute atomic E-state index is 0. The van der Waals surface area contributed by atoms with Crippen molar-refractivity contribution in [2.24, 2.45) is 0 Å². The van der Waals surface area contributed by atoms with Gasteiger partial charge in [-0.3, -0.25) is 0 Å². The molecule has 0 fully saturated rings. The number of hydrogen-bond acceptors (Lipinski definition) is 3. The van der Waals surface area contributed by atoms with Crippen LogP contribution in [0.25, 0.3) is 11.3 Å². The summed E-state index contributed by atoms with van der Waals surface area (Å²) in [7, 11) is 0. The Morgan fingerprint density at radius 2 is 1.28 bits per heavy atom. The van der Waals surface area contributed by atoms with Crippen LogP contribution >= 0.6 is 0 Å². The monoisotopic (exact) mass is 457 g/mol. The van der Waals surface area contributed by atoms with Gasteiger partial charge >= 0.3 is 17.9 Å². The lowest BCUT2D eigenvalue weighted by atomic mass is 10.0. The molecular weight excluding hydrogens is 442 g/mol. The predicted octanol–water partition coefficient (Wildman–Crippen LogP) is -0.212. The number of carboxylic acid groups (broad SMARTS) is 3. The molecule has 8 heteroatoms. The summed E-state index contributed by atoms with van der Waals surface area (Å²) in [6.45, 7) is 0.399. The first-order valence-corrected chi connectivity index (χ1v) is 8.28. The first-order valence-electron chi connectivity index (χ1n) is 8.28. The molecule has 0 atom stereocenters. The van der Waals surface area contributed by atoms with Crippen molar-refractivity contribution >= 4 is 17.9 Å². The molecule has 29 heavy (non-hydrogen) atoms. The summed E-state index contributed by atoms with van der Waals surface area (Å²) in [4.78, 5) is 33.7. The van der Waals surface area contributed by atoms with Crippen molar-refractivity contribution < 1.29 is 51.3 Å². The van der Waals surface area contributed by atoms with Crippen LogP contribution in [-0.2, 0) is 6.54 Å². The van der Waals surface area contributed by atoms with Crippen LogP contribution in [0.5, 0.6) is 0 Å². The van der Waals surface area contributed by atoms with E-state index in [1.807, 2.05) is 4.57 Å². The molecule has 0 saturated carbocycles. The highest BCUT2D eigenvalue weighted by Crippen LogP contribution is 2.20. The van der Waals surface area contributed by atoms with Crippen molar-refractivity contribution in [2.75, 3.05) is 0 Å². The van der Waals surface area contributed by atoms with Crippen LogP contribution in [0.2, 0.25) is 0 Å². The Morgan fingerprint density at radius 1 is 0.724 bits per heavy atom. The quantitative estimate of drug-likeness (QED) is 0.441. The number of rotatable bonds is 6. The van der Waals surface area contributed by atoms with E-state index >= 15 is 0 Å². The summed E-state index contributed by atoms with van der Waals surface area (Å²) in [6, 6.07) is 15.7. The molecule has 7 nitrogen and oxygen atoms in total. The fourth-order valence-electron chi connectivity index (χ4n) is 2.85. The van der Waals surface area contributed by atoms with E-state index in [0.29, 0.717) is 17.8 Å². The number of nitrogens with zero attached hydrogens (tertiary/aromatic N) is 1. The van der Waals surface area contributed by atoms with E-state index in [1.165, 1.54) is 24.3 Å². The van der Waals surface area contributed by atoms with Crippen LogP contribution in [0.3, 0.4) is 0 Å². The fourth-order valence-corrected chi connectivity index (χ4v) is 2.85. The number of halogens is 1. The van der Waals surface area contributed by atoms with Gasteiger partial charge in [0.05, 0.1) is 16.7 Å². The zero-order valence-electron chi connectivity index (χ0n) is 14.9. The molecule has 0 bridgehead atoms. The third-order valence-electron chi connectivity index (χ3n) is 4.22. The van der Waals surface area contributed by atoms with Gasteiger partial charge in [-0.2, -0.15) is 4.57 Å². The van der Waals surface area contributed by atoms with Crippen molar-refractivity contribution in [1.29, 1.82) is 0 Å². The van der Waals surface area contributed by atoms with Crippen LogP contribution in [0, 0.1) is 0 Å². The number of carbonyl (C=O) groups is 3. The second kappa shape index (κ2) is 9.11. The first kappa shape index (κ1) is 21.8. The average molecular weight is 458 g/mol. The standard InChI is InChI=1S/C21H15NO6.BrH/c23-19(24)14-6-4-13(5-7-14)12-22-8-2-1-3-18(22)15-9-16(20(25)26)11-17(10-15)21(27)28;/h1-11H,12H2,(H2-,23,24,25,26,27,28);1H. The Morgan fingerprint density at radius 3 is 1.79 bits per heavy atom. The normalized spacial score (nSPS) is 10.1. The summed E-state index contributed by atoms with van der Waals surface area (Å²) in [6.07, 6.45) is 1.79. The summed E-state index contributed by atoms with van der Waals surface area (Å²) < 4.78 is 1.84. The van der Waals surface area contributed by atoms with Crippen molar-refractivity contribution in [3.8, 4) is 11.3 Å². The molecule has 0 radical (unpaired) electrons. The summed E-state index contributed by atoms with van der Waals surface area (Å²) in [5, 5.41) is 27.6. The molecule has 2 aromatic carbocycles. The fraction of sp³-hybridized carbons (Fsp3) is 0.0476. The third-order valence-corrected chi connectivity index (χ3v) is 4.22. The summed E-state index contributed by atoms with van der Waals surface area (Å²) in [5.41, 5.74) is 1.89. The van der Waals surface area contributed by atoms with Crippen LogP contribution < -0.4 is 21.5 Å². The van der Waals surface area contributed by atoms with Crippen LogP contribution in [0.1, 0.15) is 36.6 Å². The van der Waals surface area contributed by atoms with Gasteiger partial charge in [-0.1, -0.05) is 12.1 Å². The number of hydrogen-bond donors (Lipinski definition) is 3. The Kier molecular flexibility index (Phi) is 6.84. The highest BCUT2D eigenvalue weighted by atomic mass is 79.9. The molecule has 1 heterocycles. The van der Waals surface area contributed by atoms with E-state index in [0.717, 1.165) is 11.6 Å². The van der Waals surface area contributed by atoms with Crippen molar-refractivity contribution in [3.05, 3.63) is 89.1 Å². The molecule has 0 aliphatic heterocycles. The Hall–Kier alpha value is -3.52. The van der Waals surface area contributed by atoms with Gasteiger partial charge in [-0.15, -0.1) is 0 Å². The van der Waals surface area contributed by atoms with Crippen molar-refractivity contribution in [3.63, 3.8) is 0 Å². The molecule has 3 rings (SSSR count). The largest absolute Gasteiger partial charge is 1.00 e. The van der Waals surface area contributed by atoms with Crippen LogP contribution in [0.4, 0.5) is 0 Å². The molecule has 148 valence electrons. The van der Waals surface area contributed by atoms with Gasteiger partial charge in [0.2, 0.25) is 5.69 Å². The van der Waals surface area contributed by atoms with E-state index in [4.69, 9.17) is 5.11 Å². The minimum Gasteiger partial charge on any atom is -1.00 e. The smallest absolute Gasteiger partial charge is 0.335 e. The lowest BCUT2D eigenvalue weighted by Gasteiger charge is -2.07. The van der Waals surface area contributed by atoms with E-state index in [9.17, 15) is 24.6 Å². The topological polar surface area (TPSA) is 116 Å². The van der Waals surface area contributed by atoms with E-state index in [1.54, 1.807) is 36.5 Å². The lowest BCUT2D eigenvalue weighted by molar-refractivity contribution is -0.677. The molecule has 3 N–H and O–H groups in total. The number of carboxylic acids is 3. The second-order valence-corrected chi connectivity index (χ2v) is 6.13.